The predicted octanol–water partition coefficient (Wildman–Crippen LogP) is 5.20. The van der Waals surface area contributed by atoms with Gasteiger partial charge in [0.2, 0.25) is 0 Å². The molecule has 4 heteroatoms. The van der Waals surface area contributed by atoms with Crippen molar-refractivity contribution in [3.05, 3.63) is 0 Å². The Kier molecular flexibility index (Phi) is 50.2. The van der Waals surface area contributed by atoms with Gasteiger partial charge in [-0.15, -0.1) is 0 Å². The summed E-state index contributed by atoms with van der Waals surface area (Å²) in [5.74, 6) is -0.339. The maximum absolute atomic E-state index is 11.1. The van der Waals surface area contributed by atoms with E-state index in [1.807, 2.05) is 27.7 Å². The number of hydrogen-bond acceptors (Lipinski definition) is 4. The van der Waals surface area contributed by atoms with Crippen LogP contribution < -0.4 is 0 Å². The lowest BCUT2D eigenvalue weighted by Gasteiger charge is -2.19. The maximum Gasteiger partial charge on any atom is 0.332 e. The van der Waals surface area contributed by atoms with Crippen molar-refractivity contribution in [3.63, 3.8) is 0 Å². The molecule has 0 atom stereocenters. The Hall–Kier alpha value is -0.610. The molecule has 0 aromatic heterocycles. The van der Waals surface area contributed by atoms with E-state index in [4.69, 9.17) is 14.2 Å². The van der Waals surface area contributed by atoms with Gasteiger partial charge >= 0.3 is 5.97 Å². The molecule has 0 unspecified atom stereocenters. The van der Waals surface area contributed by atoms with E-state index >= 15 is 0 Å². The highest BCUT2D eigenvalue weighted by molar-refractivity contribution is 5.71. The summed E-state index contributed by atoms with van der Waals surface area (Å²) in [5.41, 5.74) is -0.444. The fourth-order valence-electron chi connectivity index (χ4n) is 0.789. The van der Waals surface area contributed by atoms with Crippen LogP contribution >= 0.6 is 0 Å². The summed E-state index contributed by atoms with van der Waals surface area (Å²) < 4.78 is 15.1. The summed E-state index contributed by atoms with van der Waals surface area (Å²) in [6.45, 7) is 8.97. The SMILES string of the molecule is C.C.C.C.C.C.CCOCCOCC(=O)OC(C)(C)C. The van der Waals surface area contributed by atoms with Gasteiger partial charge in [0.05, 0.1) is 13.2 Å². The van der Waals surface area contributed by atoms with Crippen molar-refractivity contribution >= 4 is 5.97 Å². The molecule has 0 amide bonds. The first-order valence-electron chi connectivity index (χ1n) is 4.83. The first-order chi connectivity index (χ1) is 6.45. The van der Waals surface area contributed by atoms with Crippen LogP contribution in [0.25, 0.3) is 0 Å². The van der Waals surface area contributed by atoms with Crippen LogP contribution in [0.2, 0.25) is 0 Å². The van der Waals surface area contributed by atoms with Gasteiger partial charge in [-0.2, -0.15) is 0 Å². The zero-order valence-corrected chi connectivity index (χ0v) is 9.46. The second kappa shape index (κ2) is 23.5. The van der Waals surface area contributed by atoms with Crippen LogP contribution in [0.4, 0.5) is 0 Å². The molecule has 20 heavy (non-hydrogen) atoms. The number of hydrogen-bond donors (Lipinski definition) is 0. The number of esters is 1. The minimum absolute atomic E-state index is 0. The van der Waals surface area contributed by atoms with Gasteiger partial charge in [0.1, 0.15) is 12.2 Å². The van der Waals surface area contributed by atoms with Crippen molar-refractivity contribution < 1.29 is 19.0 Å². The van der Waals surface area contributed by atoms with Gasteiger partial charge in [0, 0.05) is 6.61 Å². The maximum atomic E-state index is 11.1. The molecule has 0 rings (SSSR count). The van der Waals surface area contributed by atoms with Gasteiger partial charge in [0.25, 0.3) is 0 Å². The van der Waals surface area contributed by atoms with Crippen LogP contribution in [0, 0.1) is 0 Å². The van der Waals surface area contributed by atoms with E-state index in [2.05, 4.69) is 0 Å². The Labute approximate surface area is 130 Å². The molecular formula is C16H44O4. The highest BCUT2D eigenvalue weighted by atomic mass is 16.6. The minimum Gasteiger partial charge on any atom is -0.458 e. The summed E-state index contributed by atoms with van der Waals surface area (Å²) >= 11 is 0. The Morgan fingerprint density at radius 2 is 1.25 bits per heavy atom. The van der Waals surface area contributed by atoms with Crippen molar-refractivity contribution in [2.24, 2.45) is 0 Å². The Morgan fingerprint density at radius 1 is 0.850 bits per heavy atom. The predicted molar refractivity (Wildman–Crippen MR) is 93.5 cm³/mol. The molecule has 0 aromatic carbocycles. The normalized spacial score (nSPS) is 8.00. The smallest absolute Gasteiger partial charge is 0.332 e. The monoisotopic (exact) mass is 300 g/mol. The molecular weight excluding hydrogens is 256 g/mol. The third kappa shape index (κ3) is 36.0. The summed E-state index contributed by atoms with van der Waals surface area (Å²) in [6.07, 6.45) is 0. The number of carbonyl (C=O) groups excluding carboxylic acids is 1. The van der Waals surface area contributed by atoms with E-state index in [1.54, 1.807) is 0 Å². The first kappa shape index (κ1) is 42.7. The zero-order valence-electron chi connectivity index (χ0n) is 9.46. The Morgan fingerprint density at radius 3 is 1.60 bits per heavy atom. The summed E-state index contributed by atoms with van der Waals surface area (Å²) in [5, 5.41) is 0. The second-order valence-corrected chi connectivity index (χ2v) is 3.84. The molecule has 0 aliphatic carbocycles. The molecule has 132 valence electrons. The van der Waals surface area contributed by atoms with Crippen LogP contribution in [0.1, 0.15) is 72.3 Å². The van der Waals surface area contributed by atoms with Crippen LogP contribution in [0.3, 0.4) is 0 Å². The number of rotatable bonds is 6. The number of ether oxygens (including phenoxy) is 3. The fourth-order valence-corrected chi connectivity index (χ4v) is 0.789. The molecule has 0 aliphatic rings. The van der Waals surface area contributed by atoms with Crippen LogP contribution in [-0.2, 0) is 19.0 Å². The van der Waals surface area contributed by atoms with E-state index in [9.17, 15) is 4.79 Å². The Balaban J connectivity index is -0.0000000563. The second-order valence-electron chi connectivity index (χ2n) is 3.84. The van der Waals surface area contributed by atoms with Crippen LogP contribution in [0.5, 0.6) is 0 Å². The minimum atomic E-state index is -0.444. The molecule has 0 spiro atoms. The quantitative estimate of drug-likeness (QED) is 0.499. The third-order valence-corrected chi connectivity index (χ3v) is 1.22. The van der Waals surface area contributed by atoms with E-state index in [0.29, 0.717) is 19.8 Å². The van der Waals surface area contributed by atoms with Gasteiger partial charge < -0.3 is 14.2 Å². The lowest BCUT2D eigenvalue weighted by atomic mass is 10.2. The lowest BCUT2D eigenvalue weighted by Crippen LogP contribution is -2.26. The molecule has 0 radical (unpaired) electrons. The molecule has 0 saturated heterocycles. The van der Waals surface area contributed by atoms with Gasteiger partial charge in [-0.3, -0.25) is 0 Å². The van der Waals surface area contributed by atoms with Crippen molar-refractivity contribution in [2.45, 2.75) is 77.9 Å². The molecule has 0 fully saturated rings. The summed E-state index contributed by atoms with van der Waals surface area (Å²) in [4.78, 5) is 11.1. The van der Waals surface area contributed by atoms with E-state index in [0.717, 1.165) is 0 Å². The lowest BCUT2D eigenvalue weighted by molar-refractivity contribution is -0.160. The summed E-state index contributed by atoms with van der Waals surface area (Å²) in [6, 6.07) is 0. The van der Waals surface area contributed by atoms with Gasteiger partial charge in [-0.25, -0.2) is 4.79 Å². The van der Waals surface area contributed by atoms with Crippen LogP contribution in [-0.4, -0.2) is 38.0 Å². The van der Waals surface area contributed by atoms with Gasteiger partial charge in [-0.1, -0.05) is 44.6 Å². The fraction of sp³-hybridized carbons (Fsp3) is 0.938. The molecule has 0 aromatic rings. The topological polar surface area (TPSA) is 44.8 Å². The number of carbonyl (C=O) groups is 1. The standard InChI is InChI=1S/C10H20O4.6CH4/c1-5-12-6-7-13-8-9(11)14-10(2,3)4;;;;;;/h5-8H2,1-4H3;6*1H4. The molecule has 0 aliphatic heterocycles. The van der Waals surface area contributed by atoms with Gasteiger partial charge in [0.15, 0.2) is 0 Å². The molecule has 0 saturated carbocycles. The zero-order chi connectivity index (χ0) is 11.0. The van der Waals surface area contributed by atoms with Crippen molar-refractivity contribution in [1.82, 2.24) is 0 Å². The molecule has 0 N–H and O–H groups in total. The van der Waals surface area contributed by atoms with Crippen molar-refractivity contribution in [1.29, 1.82) is 0 Å². The highest BCUT2D eigenvalue weighted by Crippen LogP contribution is 2.06. The molecule has 4 nitrogen and oxygen atoms in total. The molecule has 0 bridgehead atoms. The van der Waals surface area contributed by atoms with Crippen molar-refractivity contribution in [3.8, 4) is 0 Å². The van der Waals surface area contributed by atoms with Crippen molar-refractivity contribution in [2.75, 3.05) is 26.4 Å². The Bertz CT molecular complexity index is 162. The third-order valence-electron chi connectivity index (χ3n) is 1.22. The average Bonchev–Trinajstić information content (AvgIpc) is 2.00. The highest BCUT2D eigenvalue weighted by Gasteiger charge is 2.15. The first-order valence-corrected chi connectivity index (χ1v) is 4.83. The van der Waals surface area contributed by atoms with E-state index in [1.165, 1.54) is 0 Å². The molecule has 0 heterocycles. The van der Waals surface area contributed by atoms with Crippen LogP contribution in [0.15, 0.2) is 0 Å². The largest absolute Gasteiger partial charge is 0.458 e. The average molecular weight is 301 g/mol. The van der Waals surface area contributed by atoms with E-state index < -0.39 is 5.60 Å². The summed E-state index contributed by atoms with van der Waals surface area (Å²) in [7, 11) is 0. The van der Waals surface area contributed by atoms with Gasteiger partial charge in [-0.05, 0) is 27.7 Å². The van der Waals surface area contributed by atoms with E-state index in [-0.39, 0.29) is 57.1 Å².